The molecule has 2 rings (SSSR count). The van der Waals surface area contributed by atoms with E-state index < -0.39 is 11.9 Å². The molecule has 8 nitrogen and oxygen atoms in total. The van der Waals surface area contributed by atoms with Crippen molar-refractivity contribution in [3.05, 3.63) is 23.9 Å². The van der Waals surface area contributed by atoms with E-state index in [1.54, 1.807) is 12.3 Å². The molecule has 0 aromatic carbocycles. The van der Waals surface area contributed by atoms with Gasteiger partial charge in [0.1, 0.15) is 5.82 Å². The van der Waals surface area contributed by atoms with Gasteiger partial charge in [-0.25, -0.2) is 9.78 Å². The lowest BCUT2D eigenvalue weighted by atomic mass is 9.97. The molecule has 4 amide bonds. The Kier molecular flexibility index (Phi) is 6.25. The number of aromatic nitrogens is 1. The third kappa shape index (κ3) is 5.62. The number of hydrogen-bond acceptors (Lipinski definition) is 5. The summed E-state index contributed by atoms with van der Waals surface area (Å²) in [6.07, 6.45) is 3.58. The molecule has 0 saturated carbocycles. The molecule has 1 fully saturated rings. The van der Waals surface area contributed by atoms with Crippen LogP contribution in [0, 0.1) is 12.8 Å². The predicted octanol–water partition coefficient (Wildman–Crippen LogP) is 0.626. The summed E-state index contributed by atoms with van der Waals surface area (Å²) in [5.74, 6) is -0.0554. The Balaban J connectivity index is 1.81. The van der Waals surface area contributed by atoms with Gasteiger partial charge in [0.25, 0.3) is 0 Å². The van der Waals surface area contributed by atoms with E-state index >= 15 is 0 Å². The average Bonchev–Trinajstić information content (AvgIpc) is 2.55. The highest BCUT2D eigenvalue weighted by Gasteiger charge is 2.26. The number of piperidine rings is 1. The van der Waals surface area contributed by atoms with Crippen LogP contribution >= 0.6 is 0 Å². The number of carbonyl (C=O) groups is 3. The quantitative estimate of drug-likeness (QED) is 0.730. The van der Waals surface area contributed by atoms with Crippen molar-refractivity contribution in [3.63, 3.8) is 0 Å². The van der Waals surface area contributed by atoms with Gasteiger partial charge in [-0.1, -0.05) is 6.07 Å². The summed E-state index contributed by atoms with van der Waals surface area (Å²) < 4.78 is 0. The van der Waals surface area contributed by atoms with Crippen LogP contribution in [0.4, 0.5) is 10.6 Å². The number of rotatable bonds is 5. The Labute approximate surface area is 140 Å². The molecule has 1 aromatic rings. The number of hydrogen-bond donors (Lipinski definition) is 3. The Morgan fingerprint density at radius 1 is 1.38 bits per heavy atom. The molecule has 4 N–H and O–H groups in total. The summed E-state index contributed by atoms with van der Waals surface area (Å²) in [7, 11) is 0. The molecule has 0 spiro atoms. The number of likely N-dealkylation sites (tertiary alicyclic amines) is 1. The van der Waals surface area contributed by atoms with E-state index in [2.05, 4.69) is 15.2 Å². The third-order valence-corrected chi connectivity index (χ3v) is 3.96. The summed E-state index contributed by atoms with van der Waals surface area (Å²) in [5, 5.41) is 4.87. The number of imide groups is 1. The maximum absolute atomic E-state index is 12.4. The highest BCUT2D eigenvalue weighted by atomic mass is 16.2. The Morgan fingerprint density at radius 3 is 2.83 bits per heavy atom. The van der Waals surface area contributed by atoms with Crippen LogP contribution in [-0.4, -0.2) is 47.4 Å². The monoisotopic (exact) mass is 333 g/mol. The second-order valence-corrected chi connectivity index (χ2v) is 6.01. The molecule has 8 heteroatoms. The van der Waals surface area contributed by atoms with Crippen molar-refractivity contribution in [2.45, 2.75) is 26.2 Å². The zero-order valence-corrected chi connectivity index (χ0v) is 13.7. The summed E-state index contributed by atoms with van der Waals surface area (Å²) in [6.45, 7) is 3.84. The molecule has 1 aliphatic rings. The van der Waals surface area contributed by atoms with Crippen molar-refractivity contribution < 1.29 is 14.4 Å². The van der Waals surface area contributed by atoms with Crippen LogP contribution in [0.25, 0.3) is 0 Å². The number of primary amides is 1. The van der Waals surface area contributed by atoms with Crippen LogP contribution < -0.4 is 16.4 Å². The van der Waals surface area contributed by atoms with Crippen molar-refractivity contribution in [2.75, 3.05) is 25.0 Å². The van der Waals surface area contributed by atoms with E-state index in [-0.39, 0.29) is 18.2 Å². The maximum atomic E-state index is 12.4. The molecular weight excluding hydrogens is 310 g/mol. The van der Waals surface area contributed by atoms with Crippen LogP contribution in [-0.2, 0) is 9.59 Å². The van der Waals surface area contributed by atoms with Gasteiger partial charge in [0.15, 0.2) is 0 Å². The lowest BCUT2D eigenvalue weighted by Gasteiger charge is -2.31. The minimum atomic E-state index is -0.846. The average molecular weight is 333 g/mol. The van der Waals surface area contributed by atoms with E-state index in [1.807, 2.05) is 18.3 Å². The number of aryl methyl sites for hydroxylation is 1. The van der Waals surface area contributed by atoms with E-state index in [0.717, 1.165) is 24.9 Å². The highest BCUT2D eigenvalue weighted by Crippen LogP contribution is 2.18. The topological polar surface area (TPSA) is 117 Å². The Morgan fingerprint density at radius 2 is 2.17 bits per heavy atom. The summed E-state index contributed by atoms with van der Waals surface area (Å²) >= 11 is 0. The number of urea groups is 1. The fraction of sp³-hybridized carbons (Fsp3) is 0.500. The number of nitrogens with one attached hydrogen (secondary N) is 2. The molecule has 0 bridgehead atoms. The van der Waals surface area contributed by atoms with E-state index in [0.29, 0.717) is 18.9 Å². The minimum absolute atomic E-state index is 0.0577. The lowest BCUT2D eigenvalue weighted by Crippen LogP contribution is -2.43. The molecular formula is C16H23N5O3. The molecule has 24 heavy (non-hydrogen) atoms. The molecule has 1 aliphatic heterocycles. The number of nitrogens with zero attached hydrogens (tertiary/aromatic N) is 2. The first-order valence-electron chi connectivity index (χ1n) is 7.99. The zero-order valence-electron chi connectivity index (χ0n) is 13.7. The van der Waals surface area contributed by atoms with Crippen LogP contribution in [0.15, 0.2) is 18.3 Å². The first kappa shape index (κ1) is 17.9. The molecule has 1 aromatic heterocycles. The van der Waals surface area contributed by atoms with Crippen molar-refractivity contribution in [3.8, 4) is 0 Å². The van der Waals surface area contributed by atoms with Gasteiger partial charge in [0.05, 0.1) is 5.92 Å². The largest absolute Gasteiger partial charge is 0.351 e. The van der Waals surface area contributed by atoms with Gasteiger partial charge in [-0.05, 0) is 37.9 Å². The first-order valence-corrected chi connectivity index (χ1v) is 7.99. The van der Waals surface area contributed by atoms with E-state index in [1.165, 1.54) is 0 Å². The Bertz CT molecular complexity index is 602. The standard InChI is InChI=1S/C16H23N5O3/c1-11-4-5-13(18-9-11)19-15(23)12-3-2-7-21(10-12)8-6-14(22)20-16(17)24/h4-5,9,12H,2-3,6-8,10H2,1H3,(H,18,19,23)(H3,17,20,22,24). The fourth-order valence-corrected chi connectivity index (χ4v) is 2.70. The van der Waals surface area contributed by atoms with Crippen molar-refractivity contribution >= 4 is 23.7 Å². The van der Waals surface area contributed by atoms with Gasteiger partial charge < -0.3 is 16.0 Å². The molecule has 2 heterocycles. The summed E-state index contributed by atoms with van der Waals surface area (Å²) in [4.78, 5) is 40.7. The van der Waals surface area contributed by atoms with Gasteiger partial charge in [-0.2, -0.15) is 0 Å². The molecule has 1 atom stereocenters. The first-order chi connectivity index (χ1) is 11.4. The maximum Gasteiger partial charge on any atom is 0.318 e. The predicted molar refractivity (Wildman–Crippen MR) is 89.1 cm³/mol. The molecule has 0 aliphatic carbocycles. The number of nitrogens with two attached hydrogens (primary N) is 1. The van der Waals surface area contributed by atoms with Crippen molar-refractivity contribution in [2.24, 2.45) is 11.7 Å². The molecule has 130 valence electrons. The van der Waals surface area contributed by atoms with Crippen LogP contribution in [0.5, 0.6) is 0 Å². The zero-order chi connectivity index (χ0) is 17.5. The number of amides is 4. The second kappa shape index (κ2) is 8.39. The summed E-state index contributed by atoms with van der Waals surface area (Å²) in [6, 6.07) is 2.83. The SMILES string of the molecule is Cc1ccc(NC(=O)C2CCCN(CCC(=O)NC(N)=O)C2)nc1. The minimum Gasteiger partial charge on any atom is -0.351 e. The van der Waals surface area contributed by atoms with Gasteiger partial charge in [0.2, 0.25) is 11.8 Å². The van der Waals surface area contributed by atoms with E-state index in [4.69, 9.17) is 5.73 Å². The van der Waals surface area contributed by atoms with Crippen LogP contribution in [0.3, 0.4) is 0 Å². The van der Waals surface area contributed by atoms with Gasteiger partial charge in [0, 0.05) is 25.7 Å². The van der Waals surface area contributed by atoms with Gasteiger partial charge in [-0.15, -0.1) is 0 Å². The fourth-order valence-electron chi connectivity index (χ4n) is 2.70. The lowest BCUT2D eigenvalue weighted by molar-refractivity contribution is -0.121. The number of anilines is 1. The molecule has 1 unspecified atom stereocenters. The van der Waals surface area contributed by atoms with Gasteiger partial charge in [-0.3, -0.25) is 14.9 Å². The number of pyridine rings is 1. The van der Waals surface area contributed by atoms with Crippen LogP contribution in [0.2, 0.25) is 0 Å². The normalized spacial score (nSPS) is 18.0. The number of carbonyl (C=O) groups excluding carboxylic acids is 3. The van der Waals surface area contributed by atoms with E-state index in [9.17, 15) is 14.4 Å². The molecule has 0 radical (unpaired) electrons. The van der Waals surface area contributed by atoms with Crippen molar-refractivity contribution in [1.29, 1.82) is 0 Å². The highest BCUT2D eigenvalue weighted by molar-refractivity contribution is 5.93. The summed E-state index contributed by atoms with van der Waals surface area (Å²) in [5.41, 5.74) is 5.94. The second-order valence-electron chi connectivity index (χ2n) is 6.01. The molecule has 1 saturated heterocycles. The Hall–Kier alpha value is -2.48. The van der Waals surface area contributed by atoms with Gasteiger partial charge >= 0.3 is 6.03 Å². The van der Waals surface area contributed by atoms with Crippen LogP contribution in [0.1, 0.15) is 24.8 Å². The smallest absolute Gasteiger partial charge is 0.318 e. The third-order valence-electron chi connectivity index (χ3n) is 3.96. The van der Waals surface area contributed by atoms with Crippen molar-refractivity contribution in [1.82, 2.24) is 15.2 Å².